The fraction of sp³-hybridized carbons (Fsp3) is 0.259. The molecule has 0 fully saturated rings. The van der Waals surface area contributed by atoms with Crippen molar-refractivity contribution in [3.63, 3.8) is 0 Å². The molecule has 0 unspecified atom stereocenters. The number of carboxylic acid groups (broad SMARTS) is 1. The molecule has 1 heterocycles. The summed E-state index contributed by atoms with van der Waals surface area (Å²) in [6.07, 6.45) is 2.52. The Bertz CT molecular complexity index is 1110. The van der Waals surface area contributed by atoms with E-state index in [2.05, 4.69) is 48.5 Å². The highest BCUT2D eigenvalue weighted by Crippen LogP contribution is 2.32. The van der Waals surface area contributed by atoms with Crippen LogP contribution < -0.4 is 15.4 Å². The molecule has 3 aromatic carbocycles. The lowest BCUT2D eigenvalue weighted by Crippen LogP contribution is -2.38. The first-order valence-electron chi connectivity index (χ1n) is 11.2. The van der Waals surface area contributed by atoms with Crippen molar-refractivity contribution >= 4 is 17.6 Å². The van der Waals surface area contributed by atoms with Crippen LogP contribution in [0.15, 0.2) is 72.8 Å². The Balaban J connectivity index is 1.30. The topological polar surface area (TPSA) is 92.9 Å². The molecule has 1 aliphatic heterocycles. The van der Waals surface area contributed by atoms with Crippen molar-refractivity contribution in [3.8, 4) is 5.75 Å². The first-order chi connectivity index (χ1) is 16.0. The SMILES string of the molecule is N[C@H](CC(=O)N1CCc2cc(OCc3ccc(CCc4ccccc4)cc3)ccc21)C(=O)O. The second kappa shape index (κ2) is 10.3. The highest BCUT2D eigenvalue weighted by atomic mass is 16.5. The summed E-state index contributed by atoms with van der Waals surface area (Å²) >= 11 is 0. The number of amides is 1. The number of carboxylic acids is 1. The maximum atomic E-state index is 12.4. The van der Waals surface area contributed by atoms with E-state index in [1.165, 1.54) is 11.1 Å². The molecule has 0 spiro atoms. The highest BCUT2D eigenvalue weighted by molar-refractivity contribution is 5.97. The minimum absolute atomic E-state index is 0.214. The van der Waals surface area contributed by atoms with Crippen LogP contribution in [0.5, 0.6) is 5.75 Å². The van der Waals surface area contributed by atoms with Crippen molar-refractivity contribution < 1.29 is 19.4 Å². The second-order valence-corrected chi connectivity index (χ2v) is 8.33. The number of benzene rings is 3. The van der Waals surface area contributed by atoms with Gasteiger partial charge >= 0.3 is 5.97 Å². The molecule has 3 aromatic rings. The number of nitrogens with two attached hydrogens (primary N) is 1. The lowest BCUT2D eigenvalue weighted by atomic mass is 10.0. The fourth-order valence-electron chi connectivity index (χ4n) is 4.01. The number of anilines is 1. The number of aliphatic carboxylic acids is 1. The molecule has 6 heteroatoms. The highest BCUT2D eigenvalue weighted by Gasteiger charge is 2.27. The summed E-state index contributed by atoms with van der Waals surface area (Å²) in [5, 5.41) is 8.94. The molecule has 170 valence electrons. The molecule has 33 heavy (non-hydrogen) atoms. The van der Waals surface area contributed by atoms with E-state index >= 15 is 0 Å². The molecule has 1 amide bonds. The van der Waals surface area contributed by atoms with E-state index in [0.29, 0.717) is 19.6 Å². The third-order valence-electron chi connectivity index (χ3n) is 5.93. The quantitative estimate of drug-likeness (QED) is 0.524. The Morgan fingerprint density at radius 1 is 0.939 bits per heavy atom. The smallest absolute Gasteiger partial charge is 0.321 e. The molecule has 0 radical (unpaired) electrons. The van der Waals surface area contributed by atoms with E-state index < -0.39 is 12.0 Å². The summed E-state index contributed by atoms with van der Waals surface area (Å²) in [6.45, 7) is 0.988. The lowest BCUT2D eigenvalue weighted by Gasteiger charge is -2.18. The summed E-state index contributed by atoms with van der Waals surface area (Å²) in [5.74, 6) is -0.696. The monoisotopic (exact) mass is 444 g/mol. The van der Waals surface area contributed by atoms with Crippen LogP contribution in [-0.4, -0.2) is 29.6 Å². The first-order valence-corrected chi connectivity index (χ1v) is 11.2. The largest absolute Gasteiger partial charge is 0.489 e. The van der Waals surface area contributed by atoms with Crippen LogP contribution in [0.25, 0.3) is 0 Å². The summed E-state index contributed by atoms with van der Waals surface area (Å²) < 4.78 is 5.98. The Morgan fingerprint density at radius 2 is 1.61 bits per heavy atom. The third-order valence-corrected chi connectivity index (χ3v) is 5.93. The number of hydrogen-bond acceptors (Lipinski definition) is 4. The first kappa shape index (κ1) is 22.6. The van der Waals surface area contributed by atoms with Crippen molar-refractivity contribution in [3.05, 3.63) is 95.1 Å². The van der Waals surface area contributed by atoms with Gasteiger partial charge in [0.1, 0.15) is 18.4 Å². The van der Waals surface area contributed by atoms with Crippen molar-refractivity contribution in [2.24, 2.45) is 5.73 Å². The lowest BCUT2D eigenvalue weighted by molar-refractivity contribution is -0.140. The van der Waals surface area contributed by atoms with E-state index in [0.717, 1.165) is 35.4 Å². The molecule has 6 nitrogen and oxygen atoms in total. The fourth-order valence-corrected chi connectivity index (χ4v) is 4.01. The number of aryl methyl sites for hydroxylation is 2. The van der Waals surface area contributed by atoms with E-state index in [4.69, 9.17) is 15.6 Å². The van der Waals surface area contributed by atoms with Crippen LogP contribution in [0.1, 0.15) is 28.7 Å². The molecule has 1 atom stereocenters. The number of carbonyl (C=O) groups excluding carboxylic acids is 1. The third kappa shape index (κ3) is 5.79. The molecule has 0 saturated carbocycles. The van der Waals surface area contributed by atoms with Gasteiger partial charge in [-0.2, -0.15) is 0 Å². The van der Waals surface area contributed by atoms with E-state index in [-0.39, 0.29) is 12.3 Å². The van der Waals surface area contributed by atoms with Crippen molar-refractivity contribution in [1.29, 1.82) is 0 Å². The number of ether oxygens (including phenoxy) is 1. The van der Waals surface area contributed by atoms with Crippen LogP contribution in [0.4, 0.5) is 5.69 Å². The van der Waals surface area contributed by atoms with Crippen molar-refractivity contribution in [2.45, 2.75) is 38.3 Å². The summed E-state index contributed by atoms with van der Waals surface area (Å²) in [6, 6.07) is 23.4. The summed E-state index contributed by atoms with van der Waals surface area (Å²) in [5.41, 5.74) is 11.1. The van der Waals surface area contributed by atoms with Crippen molar-refractivity contribution in [2.75, 3.05) is 11.4 Å². The molecule has 0 saturated heterocycles. The minimum atomic E-state index is -1.19. The van der Waals surface area contributed by atoms with E-state index in [1.807, 2.05) is 24.3 Å². The molecule has 0 bridgehead atoms. The number of hydrogen-bond donors (Lipinski definition) is 2. The zero-order valence-electron chi connectivity index (χ0n) is 18.4. The number of nitrogens with zero attached hydrogens (tertiary/aromatic N) is 1. The number of rotatable bonds is 9. The molecule has 4 rings (SSSR count). The van der Waals surface area contributed by atoms with Crippen LogP contribution in [0, 0.1) is 0 Å². The molecule has 1 aliphatic rings. The van der Waals surface area contributed by atoms with Gasteiger partial charge < -0.3 is 20.5 Å². The van der Waals surface area contributed by atoms with Gasteiger partial charge in [0.05, 0.1) is 6.42 Å². The van der Waals surface area contributed by atoms with Crippen LogP contribution >= 0.6 is 0 Å². The average Bonchev–Trinajstić information content (AvgIpc) is 3.26. The average molecular weight is 445 g/mol. The van der Waals surface area contributed by atoms with Crippen LogP contribution in [0.2, 0.25) is 0 Å². The van der Waals surface area contributed by atoms with Gasteiger partial charge in [-0.15, -0.1) is 0 Å². The van der Waals surface area contributed by atoms with Gasteiger partial charge in [-0.25, -0.2) is 0 Å². The van der Waals surface area contributed by atoms with Gasteiger partial charge in [0, 0.05) is 12.2 Å². The molecule has 0 aromatic heterocycles. The Kier molecular flexibility index (Phi) is 7.05. The summed E-state index contributed by atoms with van der Waals surface area (Å²) in [4.78, 5) is 25.0. The van der Waals surface area contributed by atoms with Crippen LogP contribution in [-0.2, 0) is 35.5 Å². The predicted molar refractivity (Wildman–Crippen MR) is 127 cm³/mol. The zero-order chi connectivity index (χ0) is 23.2. The van der Waals surface area contributed by atoms with Gasteiger partial charge in [-0.3, -0.25) is 9.59 Å². The number of carbonyl (C=O) groups is 2. The minimum Gasteiger partial charge on any atom is -0.489 e. The van der Waals surface area contributed by atoms with Crippen molar-refractivity contribution in [1.82, 2.24) is 0 Å². The molecular formula is C27H28N2O4. The molecule has 3 N–H and O–H groups in total. The Hall–Kier alpha value is -3.64. The zero-order valence-corrected chi connectivity index (χ0v) is 18.4. The molecule has 0 aliphatic carbocycles. The van der Waals surface area contributed by atoms with E-state index in [9.17, 15) is 9.59 Å². The standard InChI is InChI=1S/C27H28N2O4/c28-24(27(31)32)17-26(30)29-15-14-22-16-23(12-13-25(22)29)33-18-21-10-8-20(9-11-21)7-6-19-4-2-1-3-5-19/h1-5,8-13,16,24H,6-7,14-15,17-18,28H2,(H,31,32)/t24-/m1/s1. The number of fused-ring (bicyclic) bond motifs is 1. The predicted octanol–water partition coefficient (Wildman–Crippen LogP) is 3.74. The Labute approximate surface area is 193 Å². The van der Waals surface area contributed by atoms with Gasteiger partial charge in [0.15, 0.2) is 0 Å². The van der Waals surface area contributed by atoms with Gasteiger partial charge in [-0.05, 0) is 59.7 Å². The summed E-state index contributed by atoms with van der Waals surface area (Å²) in [7, 11) is 0. The van der Waals surface area contributed by atoms with E-state index in [1.54, 1.807) is 4.90 Å². The Morgan fingerprint density at radius 3 is 2.30 bits per heavy atom. The molecular weight excluding hydrogens is 416 g/mol. The van der Waals surface area contributed by atoms with Crippen LogP contribution in [0.3, 0.4) is 0 Å². The normalized spacial score (nSPS) is 13.4. The van der Waals surface area contributed by atoms with Gasteiger partial charge in [-0.1, -0.05) is 54.6 Å². The van der Waals surface area contributed by atoms with Gasteiger partial charge in [0.2, 0.25) is 5.91 Å². The second-order valence-electron chi connectivity index (χ2n) is 8.33. The maximum absolute atomic E-state index is 12.4. The maximum Gasteiger partial charge on any atom is 0.321 e. The van der Waals surface area contributed by atoms with Gasteiger partial charge in [0.25, 0.3) is 0 Å².